The largest absolute Gasteiger partial charge is 0.460 e. The third-order valence-electron chi connectivity index (χ3n) is 2.75. The molecule has 2 aromatic rings. The molecule has 0 atom stereocenters. The molecule has 4 heteroatoms. The van der Waals surface area contributed by atoms with E-state index >= 15 is 0 Å². The van der Waals surface area contributed by atoms with E-state index < -0.39 is 0 Å². The molecule has 1 fully saturated rings. The van der Waals surface area contributed by atoms with Crippen molar-refractivity contribution in [3.05, 3.63) is 42.4 Å². The maximum atomic E-state index is 5.75. The molecule has 0 aliphatic heterocycles. The van der Waals surface area contributed by atoms with Gasteiger partial charge in [-0.15, -0.1) is 12.4 Å². The van der Waals surface area contributed by atoms with Crippen LogP contribution >= 0.6 is 12.4 Å². The Labute approximate surface area is 107 Å². The third kappa shape index (κ3) is 3.08. The van der Waals surface area contributed by atoms with Gasteiger partial charge >= 0.3 is 0 Å². The summed E-state index contributed by atoms with van der Waals surface area (Å²) in [5.74, 6) is 1.88. The Morgan fingerprint density at radius 3 is 2.88 bits per heavy atom. The van der Waals surface area contributed by atoms with Gasteiger partial charge in [-0.3, -0.25) is 4.98 Å². The van der Waals surface area contributed by atoms with E-state index in [-0.39, 0.29) is 12.4 Å². The molecule has 1 N–H and O–H groups in total. The standard InChI is InChI=1S/C13H14N2O.ClH/c1-2-10(8-14-7-1)13-6-5-12(16-13)9-15-11-3-4-11;/h1-2,5-8,11,15H,3-4,9H2;1H. The number of pyridine rings is 1. The Morgan fingerprint density at radius 1 is 1.29 bits per heavy atom. The van der Waals surface area contributed by atoms with Crippen LogP contribution in [-0.4, -0.2) is 11.0 Å². The molecule has 1 aliphatic rings. The quantitative estimate of drug-likeness (QED) is 0.907. The van der Waals surface area contributed by atoms with E-state index in [2.05, 4.69) is 10.3 Å². The van der Waals surface area contributed by atoms with E-state index in [1.807, 2.05) is 30.5 Å². The minimum Gasteiger partial charge on any atom is -0.460 e. The Morgan fingerprint density at radius 2 is 2.18 bits per heavy atom. The molecule has 0 saturated heterocycles. The van der Waals surface area contributed by atoms with Crippen molar-refractivity contribution in [2.75, 3.05) is 0 Å². The molecule has 90 valence electrons. The number of halogens is 1. The van der Waals surface area contributed by atoms with Crippen molar-refractivity contribution in [3.63, 3.8) is 0 Å². The molecule has 3 rings (SSSR count). The molecular weight excluding hydrogens is 236 g/mol. The molecule has 0 unspecified atom stereocenters. The summed E-state index contributed by atoms with van der Waals surface area (Å²) in [5, 5.41) is 3.43. The van der Waals surface area contributed by atoms with E-state index in [0.717, 1.165) is 23.6 Å². The van der Waals surface area contributed by atoms with Crippen LogP contribution in [0.1, 0.15) is 18.6 Å². The Balaban J connectivity index is 0.00000108. The van der Waals surface area contributed by atoms with E-state index in [0.29, 0.717) is 6.04 Å². The van der Waals surface area contributed by atoms with Crippen LogP contribution in [0.15, 0.2) is 41.1 Å². The highest BCUT2D eigenvalue weighted by atomic mass is 35.5. The number of furan rings is 1. The highest BCUT2D eigenvalue weighted by molar-refractivity contribution is 5.85. The van der Waals surface area contributed by atoms with Gasteiger partial charge in [0.25, 0.3) is 0 Å². The number of nitrogens with one attached hydrogen (secondary N) is 1. The SMILES string of the molecule is Cl.c1cncc(-c2ccc(CNC3CC3)o2)c1. The van der Waals surface area contributed by atoms with Crippen LogP contribution in [0.4, 0.5) is 0 Å². The molecule has 0 amide bonds. The van der Waals surface area contributed by atoms with E-state index in [4.69, 9.17) is 4.42 Å². The molecule has 17 heavy (non-hydrogen) atoms. The van der Waals surface area contributed by atoms with Crippen LogP contribution in [0.3, 0.4) is 0 Å². The first-order valence-corrected chi connectivity index (χ1v) is 5.64. The van der Waals surface area contributed by atoms with Crippen LogP contribution in [0, 0.1) is 0 Å². The summed E-state index contributed by atoms with van der Waals surface area (Å²) in [6, 6.07) is 8.66. The fourth-order valence-electron chi connectivity index (χ4n) is 1.67. The first-order valence-electron chi connectivity index (χ1n) is 5.64. The number of hydrogen-bond acceptors (Lipinski definition) is 3. The summed E-state index contributed by atoms with van der Waals surface area (Å²) < 4.78 is 5.75. The molecule has 0 bridgehead atoms. The van der Waals surface area contributed by atoms with E-state index in [9.17, 15) is 0 Å². The zero-order valence-electron chi connectivity index (χ0n) is 9.43. The van der Waals surface area contributed by atoms with Gasteiger partial charge < -0.3 is 9.73 Å². The summed E-state index contributed by atoms with van der Waals surface area (Å²) in [7, 11) is 0. The summed E-state index contributed by atoms with van der Waals surface area (Å²) in [6.07, 6.45) is 6.19. The van der Waals surface area contributed by atoms with Gasteiger partial charge in [0, 0.05) is 24.0 Å². The first kappa shape index (κ1) is 12.1. The van der Waals surface area contributed by atoms with Crippen LogP contribution in [0.5, 0.6) is 0 Å². The highest BCUT2D eigenvalue weighted by Gasteiger charge is 2.20. The van der Waals surface area contributed by atoms with E-state index in [1.165, 1.54) is 12.8 Å². The van der Waals surface area contributed by atoms with Crippen LogP contribution in [0.2, 0.25) is 0 Å². The van der Waals surface area contributed by atoms with Gasteiger partial charge in [-0.05, 0) is 37.1 Å². The smallest absolute Gasteiger partial charge is 0.135 e. The molecule has 2 aromatic heterocycles. The molecule has 1 saturated carbocycles. The summed E-state index contributed by atoms with van der Waals surface area (Å²) >= 11 is 0. The van der Waals surface area contributed by atoms with Crippen molar-refractivity contribution >= 4 is 12.4 Å². The van der Waals surface area contributed by atoms with Gasteiger partial charge in [0.1, 0.15) is 11.5 Å². The zero-order chi connectivity index (χ0) is 10.8. The summed E-state index contributed by atoms with van der Waals surface area (Å²) in [5.41, 5.74) is 1.03. The van der Waals surface area contributed by atoms with Gasteiger partial charge in [0.2, 0.25) is 0 Å². The highest BCUT2D eigenvalue weighted by Crippen LogP contribution is 2.23. The van der Waals surface area contributed by atoms with Crippen molar-refractivity contribution in [3.8, 4) is 11.3 Å². The topological polar surface area (TPSA) is 38.1 Å². The molecule has 0 spiro atoms. The van der Waals surface area contributed by atoms with Crippen LogP contribution in [-0.2, 0) is 6.54 Å². The molecular formula is C13H15ClN2O. The average Bonchev–Trinajstić information content (AvgIpc) is 3.05. The predicted molar refractivity (Wildman–Crippen MR) is 69.0 cm³/mol. The second kappa shape index (κ2) is 5.34. The number of nitrogens with zero attached hydrogens (tertiary/aromatic N) is 1. The van der Waals surface area contributed by atoms with E-state index in [1.54, 1.807) is 6.20 Å². The van der Waals surface area contributed by atoms with Gasteiger partial charge in [-0.2, -0.15) is 0 Å². The maximum Gasteiger partial charge on any atom is 0.135 e. The minimum atomic E-state index is 0. The lowest BCUT2D eigenvalue weighted by Gasteiger charge is -1.98. The summed E-state index contributed by atoms with van der Waals surface area (Å²) in [6.45, 7) is 0.824. The Bertz CT molecular complexity index is 465. The van der Waals surface area contributed by atoms with Gasteiger partial charge in [-0.25, -0.2) is 0 Å². The fourth-order valence-corrected chi connectivity index (χ4v) is 1.67. The minimum absolute atomic E-state index is 0. The Kier molecular flexibility index (Phi) is 3.82. The van der Waals surface area contributed by atoms with Crippen molar-refractivity contribution in [1.29, 1.82) is 0 Å². The predicted octanol–water partition coefficient (Wildman–Crippen LogP) is 3.02. The van der Waals surface area contributed by atoms with Crippen molar-refractivity contribution in [2.24, 2.45) is 0 Å². The van der Waals surface area contributed by atoms with Gasteiger partial charge in [0.15, 0.2) is 0 Å². The average molecular weight is 251 g/mol. The normalized spacial score (nSPS) is 14.4. The van der Waals surface area contributed by atoms with Crippen molar-refractivity contribution < 1.29 is 4.42 Å². The van der Waals surface area contributed by atoms with Gasteiger partial charge in [-0.1, -0.05) is 0 Å². The molecule has 0 radical (unpaired) electrons. The lowest BCUT2D eigenvalue weighted by Crippen LogP contribution is -2.14. The number of hydrogen-bond donors (Lipinski definition) is 1. The first-order chi connectivity index (χ1) is 7.92. The molecule has 3 nitrogen and oxygen atoms in total. The lowest BCUT2D eigenvalue weighted by atomic mass is 10.2. The van der Waals surface area contributed by atoms with Crippen molar-refractivity contribution in [2.45, 2.75) is 25.4 Å². The zero-order valence-corrected chi connectivity index (χ0v) is 10.2. The molecule has 2 heterocycles. The van der Waals surface area contributed by atoms with Crippen LogP contribution < -0.4 is 5.32 Å². The van der Waals surface area contributed by atoms with Crippen molar-refractivity contribution in [1.82, 2.24) is 10.3 Å². The second-order valence-electron chi connectivity index (χ2n) is 4.16. The maximum absolute atomic E-state index is 5.75. The summed E-state index contributed by atoms with van der Waals surface area (Å²) in [4.78, 5) is 4.08. The molecule has 0 aromatic carbocycles. The van der Waals surface area contributed by atoms with Gasteiger partial charge in [0.05, 0.1) is 6.54 Å². The number of aromatic nitrogens is 1. The third-order valence-corrected chi connectivity index (χ3v) is 2.75. The Hall–Kier alpha value is -1.32. The monoisotopic (exact) mass is 250 g/mol. The molecule has 1 aliphatic carbocycles. The van der Waals surface area contributed by atoms with Crippen LogP contribution in [0.25, 0.3) is 11.3 Å². The number of rotatable bonds is 4. The fraction of sp³-hybridized carbons (Fsp3) is 0.308. The lowest BCUT2D eigenvalue weighted by molar-refractivity contribution is 0.492. The second-order valence-corrected chi connectivity index (χ2v) is 4.16.